The molecule has 0 aromatic heterocycles. The first-order valence-electron chi connectivity index (χ1n) is 25.3. The Hall–Kier alpha value is -5.06. The summed E-state index contributed by atoms with van der Waals surface area (Å²) in [5.41, 5.74) is 2.47. The van der Waals surface area contributed by atoms with Crippen molar-refractivity contribution in [3.05, 3.63) is 76.9 Å². The number of rotatable bonds is 12. The van der Waals surface area contributed by atoms with Crippen molar-refractivity contribution in [2.45, 2.75) is 130 Å². The van der Waals surface area contributed by atoms with Crippen LogP contribution in [0.1, 0.15) is 128 Å². The highest BCUT2D eigenvalue weighted by molar-refractivity contribution is 6.62. The zero-order valence-electron chi connectivity index (χ0n) is 41.0. The van der Waals surface area contributed by atoms with Crippen molar-refractivity contribution in [2.75, 3.05) is 31.6 Å². The molecule has 2 N–H and O–H groups in total. The number of esters is 1. The average Bonchev–Trinajstić information content (AvgIpc) is 4.03. The topological polar surface area (TPSA) is 177 Å². The van der Waals surface area contributed by atoms with Crippen molar-refractivity contribution in [3.63, 3.8) is 0 Å². The van der Waals surface area contributed by atoms with E-state index >= 15 is 0 Å². The van der Waals surface area contributed by atoms with E-state index in [9.17, 15) is 24.0 Å². The second-order valence-corrected chi connectivity index (χ2v) is 23.0. The molecule has 10 atom stereocenters. The van der Waals surface area contributed by atoms with Crippen LogP contribution in [0.4, 0.5) is 5.69 Å². The van der Waals surface area contributed by atoms with Gasteiger partial charge in [0, 0.05) is 54.2 Å². The first-order chi connectivity index (χ1) is 33.3. The Morgan fingerprint density at radius 3 is 1.86 bits per heavy atom. The molecule has 4 bridgehead atoms. The number of likely N-dealkylation sites (tertiary alicyclic amines) is 1. The van der Waals surface area contributed by atoms with Crippen LogP contribution in [-0.4, -0.2) is 98.4 Å². The first kappa shape index (κ1) is 48.2. The maximum atomic E-state index is 14.2. The van der Waals surface area contributed by atoms with Gasteiger partial charge in [-0.2, -0.15) is 0 Å². The van der Waals surface area contributed by atoms with Gasteiger partial charge >= 0.3 is 20.2 Å². The number of carbonyl (C=O) groups is 5. The molecule has 17 heteroatoms. The Bertz CT molecular complexity index is 2660. The van der Waals surface area contributed by atoms with Crippen LogP contribution in [0.2, 0.25) is 0 Å². The summed E-state index contributed by atoms with van der Waals surface area (Å²) in [5, 5.41) is 5.61. The van der Waals surface area contributed by atoms with E-state index in [1.807, 2.05) is 42.5 Å². The summed E-state index contributed by atoms with van der Waals surface area (Å²) in [6.07, 6.45) is 4.39. The molecule has 3 aromatic carbocycles. The molecule has 9 fully saturated rings. The molecule has 5 heterocycles. The van der Waals surface area contributed by atoms with E-state index in [1.54, 1.807) is 19.1 Å². The third-order valence-corrected chi connectivity index (χ3v) is 18.7. The van der Waals surface area contributed by atoms with Gasteiger partial charge in [-0.15, -0.1) is 0 Å². The number of hydrogen-bond donors (Lipinski definition) is 2. The van der Waals surface area contributed by atoms with Gasteiger partial charge < -0.3 is 43.5 Å². The van der Waals surface area contributed by atoms with Crippen molar-refractivity contribution in [3.8, 4) is 11.5 Å². The Morgan fingerprint density at radius 2 is 1.31 bits per heavy atom. The fraction of sp³-hybridized carbons (Fsp3) is 0.574. The van der Waals surface area contributed by atoms with Gasteiger partial charge in [-0.1, -0.05) is 72.4 Å². The number of imide groups is 1. The number of nitrogens with one attached hydrogen (secondary N) is 2. The molecule has 1 spiro atoms. The largest absolute Gasteiger partial charge is 0.494 e. The van der Waals surface area contributed by atoms with E-state index in [-0.39, 0.29) is 106 Å². The van der Waals surface area contributed by atoms with Crippen molar-refractivity contribution in [1.82, 2.24) is 10.2 Å². The third kappa shape index (κ3) is 7.21. The lowest BCUT2D eigenvalue weighted by Crippen LogP contribution is -2.65. The van der Waals surface area contributed by atoms with Gasteiger partial charge in [0.15, 0.2) is 5.60 Å². The van der Waals surface area contributed by atoms with E-state index < -0.39 is 37.0 Å². The lowest BCUT2D eigenvalue weighted by molar-refractivity contribution is -0.199. The fourth-order valence-corrected chi connectivity index (χ4v) is 14.3. The van der Waals surface area contributed by atoms with E-state index in [0.717, 1.165) is 41.5 Å². The standard InChI is InChI=1S/C53H61B2N3O12.CH4/c1-28-20-46(61)58(47(28)62)17-14-44(59)56-16-19-64-18-15-45(60)57-33-10-13-35-34(27-33)48(63)66-53(35)36-11-8-31(54-67-42-23-29-21-40(49(29,2)3)51(42,6)69-54)25-38(36)65-39-26-32(9-12-37(39)53)55-68-43-24-30-22-41(50(30,4)5)52(43,7)70-55;/h8-13,25-30,40-43H,14-24H2,1-7H3,(H,56,59)(H,57,60);1H4/t28?,29-,30?,40-,41-,42?,43?,51-,52-,53?;/m0./s1. The summed E-state index contributed by atoms with van der Waals surface area (Å²) in [7, 11) is -1.19. The minimum atomic E-state index is -1.38. The molecule has 3 aromatic rings. The number of amides is 4. The van der Waals surface area contributed by atoms with Crippen molar-refractivity contribution >= 4 is 60.4 Å². The summed E-state index contributed by atoms with van der Waals surface area (Å²) < 4.78 is 46.4. The molecule has 15 nitrogen and oxygen atoms in total. The highest BCUT2D eigenvalue weighted by atomic mass is 16.7. The first-order valence-corrected chi connectivity index (χ1v) is 25.3. The predicted octanol–water partition coefficient (Wildman–Crippen LogP) is 6.01. The molecule has 71 heavy (non-hydrogen) atoms. The Morgan fingerprint density at radius 1 is 0.732 bits per heavy atom. The van der Waals surface area contributed by atoms with E-state index in [0.29, 0.717) is 63.1 Å². The molecule has 0 radical (unpaired) electrons. The SMILES string of the molecule is C.CC1CC(=O)N(CCC(=O)NCCOCCC(=O)Nc2ccc3c(c2)C(=O)OC32c3ccc(B4OC5CC6C[C@@H](C6(C)C)[C@]5(C)O4)cc3Oc3cc(B4OC5C[C@@H]6C[C@@H](C6(C)C)[C@]5(C)O4)ccc32)C1=O. The van der Waals surface area contributed by atoms with Crippen LogP contribution in [0.3, 0.4) is 0 Å². The summed E-state index contributed by atoms with van der Waals surface area (Å²) in [5.74, 6) is 0.995. The molecule has 11 aliphatic rings. The smallest absolute Gasteiger partial charge is 0.456 e. The third-order valence-electron chi connectivity index (χ3n) is 18.7. The van der Waals surface area contributed by atoms with Crippen molar-refractivity contribution in [2.24, 2.45) is 40.4 Å². The highest BCUT2D eigenvalue weighted by Gasteiger charge is 2.69. The number of carbonyl (C=O) groups excluding carboxylic acids is 5. The van der Waals surface area contributed by atoms with Crippen LogP contribution in [0.15, 0.2) is 54.6 Å². The number of fused-ring (bicyclic) bond motifs is 6. The normalized spacial score (nSPS) is 33.6. The van der Waals surface area contributed by atoms with E-state index in [2.05, 4.69) is 52.2 Å². The maximum absolute atomic E-state index is 14.2. The van der Waals surface area contributed by atoms with Gasteiger partial charge in [0.1, 0.15) is 11.5 Å². The minimum Gasteiger partial charge on any atom is -0.456 e. The molecule has 6 saturated carbocycles. The van der Waals surface area contributed by atoms with Crippen LogP contribution in [-0.2, 0) is 52.9 Å². The molecule has 6 aliphatic carbocycles. The molecule has 3 saturated heterocycles. The average molecular weight is 970 g/mol. The van der Waals surface area contributed by atoms with Gasteiger partial charge in [0.2, 0.25) is 23.6 Å². The summed E-state index contributed by atoms with van der Waals surface area (Å²) in [6.45, 7) is 16.0. The molecular formula is C54H65B2N3O12. The summed E-state index contributed by atoms with van der Waals surface area (Å²) in [4.78, 5) is 64.9. The van der Waals surface area contributed by atoms with E-state index in [4.69, 9.17) is 32.8 Å². The molecule has 4 amide bonds. The molecular weight excluding hydrogens is 904 g/mol. The monoisotopic (exact) mass is 969 g/mol. The number of ether oxygens (including phenoxy) is 3. The van der Waals surface area contributed by atoms with Gasteiger partial charge in [-0.05, 0) is 109 Å². The Labute approximate surface area is 416 Å². The predicted molar refractivity (Wildman–Crippen MR) is 263 cm³/mol. The Balaban J connectivity index is 0.00000547. The van der Waals surface area contributed by atoms with Crippen LogP contribution < -0.4 is 26.3 Å². The number of benzene rings is 3. The number of nitrogens with zero attached hydrogens (tertiary/aromatic N) is 1. The van der Waals surface area contributed by atoms with Gasteiger partial charge in [-0.25, -0.2) is 4.79 Å². The number of anilines is 1. The van der Waals surface area contributed by atoms with Crippen LogP contribution in [0.5, 0.6) is 11.5 Å². The maximum Gasteiger partial charge on any atom is 0.494 e. The van der Waals surface area contributed by atoms with Crippen LogP contribution in [0, 0.1) is 40.4 Å². The quantitative estimate of drug-likeness (QED) is 0.0938. The summed E-state index contributed by atoms with van der Waals surface area (Å²) >= 11 is 0. The van der Waals surface area contributed by atoms with Gasteiger partial charge in [0.25, 0.3) is 0 Å². The summed E-state index contributed by atoms with van der Waals surface area (Å²) in [6, 6.07) is 17.0. The fourth-order valence-electron chi connectivity index (χ4n) is 14.3. The Kier molecular flexibility index (Phi) is 11.4. The lowest BCUT2D eigenvalue weighted by Gasteiger charge is -2.64. The zero-order valence-corrected chi connectivity index (χ0v) is 41.0. The van der Waals surface area contributed by atoms with E-state index in [1.165, 1.54) is 0 Å². The van der Waals surface area contributed by atoms with Gasteiger partial charge in [-0.3, -0.25) is 24.1 Å². The number of hydrogen-bond acceptors (Lipinski definition) is 12. The molecule has 374 valence electrons. The van der Waals surface area contributed by atoms with Gasteiger partial charge in [0.05, 0.1) is 48.6 Å². The molecule has 5 unspecified atom stereocenters. The van der Waals surface area contributed by atoms with Crippen LogP contribution in [0.25, 0.3) is 0 Å². The van der Waals surface area contributed by atoms with Crippen molar-refractivity contribution in [1.29, 1.82) is 0 Å². The zero-order chi connectivity index (χ0) is 48.9. The lowest BCUT2D eigenvalue weighted by atomic mass is 9.43. The second kappa shape index (κ2) is 16.7. The van der Waals surface area contributed by atoms with Crippen molar-refractivity contribution < 1.29 is 56.8 Å². The molecule has 14 rings (SSSR count). The second-order valence-electron chi connectivity index (χ2n) is 23.0. The van der Waals surface area contributed by atoms with Crippen LogP contribution >= 0.6 is 0 Å². The minimum absolute atomic E-state index is 0. The highest BCUT2D eigenvalue weighted by Crippen LogP contribution is 2.67. The molecule has 5 aliphatic heterocycles.